The smallest absolute Gasteiger partial charge is 0.325 e. The Bertz CT molecular complexity index is 622. The van der Waals surface area contributed by atoms with Gasteiger partial charge in [0.25, 0.3) is 5.91 Å². The summed E-state index contributed by atoms with van der Waals surface area (Å²) in [4.78, 5) is 27.3. The van der Waals surface area contributed by atoms with E-state index in [4.69, 9.17) is 4.42 Å². The van der Waals surface area contributed by atoms with Crippen LogP contribution in [0.25, 0.3) is 0 Å². The van der Waals surface area contributed by atoms with Gasteiger partial charge >= 0.3 is 6.03 Å². The molecule has 0 spiro atoms. The number of likely N-dealkylation sites (N-methyl/N-ethyl adjacent to an activating group) is 1. The van der Waals surface area contributed by atoms with Crippen molar-refractivity contribution in [2.45, 2.75) is 45.2 Å². The van der Waals surface area contributed by atoms with Crippen molar-refractivity contribution in [3.05, 3.63) is 23.7 Å². The van der Waals surface area contributed by atoms with Gasteiger partial charge in [-0.15, -0.1) is 0 Å². The number of hydrogen-bond acceptors (Lipinski definition) is 4. The van der Waals surface area contributed by atoms with Gasteiger partial charge in [0.05, 0.1) is 6.54 Å². The molecule has 0 bridgehead atoms. The first-order valence-electron chi connectivity index (χ1n) is 8.19. The molecule has 1 aliphatic carbocycles. The van der Waals surface area contributed by atoms with Crippen molar-refractivity contribution in [2.75, 3.05) is 20.1 Å². The molecule has 1 aromatic heterocycles. The lowest BCUT2D eigenvalue weighted by Crippen LogP contribution is -2.41. The van der Waals surface area contributed by atoms with Gasteiger partial charge in [0.1, 0.15) is 17.1 Å². The van der Waals surface area contributed by atoms with E-state index in [0.717, 1.165) is 17.4 Å². The zero-order valence-corrected chi connectivity index (χ0v) is 14.3. The molecule has 2 aliphatic rings. The Labute approximate surface area is 136 Å². The fraction of sp³-hybridized carbons (Fsp3) is 0.647. The average Bonchev–Trinajstić information content (AvgIpc) is 2.93. The van der Waals surface area contributed by atoms with Crippen LogP contribution in [0.2, 0.25) is 0 Å². The van der Waals surface area contributed by atoms with Crippen LogP contribution in [0, 0.1) is 5.92 Å². The Morgan fingerprint density at radius 3 is 2.65 bits per heavy atom. The summed E-state index contributed by atoms with van der Waals surface area (Å²) < 4.78 is 5.89. The zero-order valence-electron chi connectivity index (χ0n) is 14.3. The molecule has 1 saturated heterocycles. The van der Waals surface area contributed by atoms with Gasteiger partial charge in [0, 0.05) is 19.0 Å². The van der Waals surface area contributed by atoms with Crippen molar-refractivity contribution in [1.29, 1.82) is 0 Å². The van der Waals surface area contributed by atoms with Crippen molar-refractivity contribution in [3.8, 4) is 0 Å². The summed E-state index contributed by atoms with van der Waals surface area (Å²) in [6.07, 6.45) is 1.21. The third-order valence-corrected chi connectivity index (χ3v) is 4.73. The van der Waals surface area contributed by atoms with Crippen molar-refractivity contribution in [3.63, 3.8) is 0 Å². The number of urea groups is 1. The van der Waals surface area contributed by atoms with E-state index in [9.17, 15) is 9.59 Å². The van der Waals surface area contributed by atoms with Crippen LogP contribution in [0.4, 0.5) is 4.79 Å². The molecule has 0 unspecified atom stereocenters. The Morgan fingerprint density at radius 2 is 2.09 bits per heavy atom. The van der Waals surface area contributed by atoms with Gasteiger partial charge in [-0.05, 0) is 45.4 Å². The molecular weight excluding hydrogens is 294 g/mol. The van der Waals surface area contributed by atoms with Gasteiger partial charge in [-0.2, -0.15) is 0 Å². The predicted molar refractivity (Wildman–Crippen MR) is 85.9 cm³/mol. The van der Waals surface area contributed by atoms with E-state index in [0.29, 0.717) is 25.6 Å². The lowest BCUT2D eigenvalue weighted by Gasteiger charge is -2.20. The fourth-order valence-corrected chi connectivity index (χ4v) is 3.03. The van der Waals surface area contributed by atoms with E-state index in [1.54, 1.807) is 13.8 Å². The third-order valence-electron chi connectivity index (χ3n) is 4.73. The molecule has 0 aromatic carbocycles. The van der Waals surface area contributed by atoms with Crippen LogP contribution in [0.5, 0.6) is 0 Å². The molecule has 1 aliphatic heterocycles. The van der Waals surface area contributed by atoms with Crippen LogP contribution in [0.3, 0.4) is 0 Å². The summed E-state index contributed by atoms with van der Waals surface area (Å²) in [5.74, 6) is 3.16. The van der Waals surface area contributed by atoms with E-state index in [-0.39, 0.29) is 11.9 Å². The van der Waals surface area contributed by atoms with Crippen LogP contribution in [0.15, 0.2) is 16.5 Å². The summed E-state index contributed by atoms with van der Waals surface area (Å²) >= 11 is 0. The number of furan rings is 1. The van der Waals surface area contributed by atoms with Gasteiger partial charge in [-0.25, -0.2) is 4.79 Å². The average molecular weight is 319 g/mol. The van der Waals surface area contributed by atoms with Gasteiger partial charge in [0.15, 0.2) is 0 Å². The standard InChI is InChI=1S/C17H25N3O3/c1-11-9-13(11)14-6-5-12(23-14)10-19(4)7-8-20-15(21)17(2,3)18-16(20)22/h5-6,11,13H,7-10H2,1-4H3,(H,18,22)/t11-,13+/m0/s1. The van der Waals surface area contributed by atoms with Crippen LogP contribution < -0.4 is 5.32 Å². The minimum atomic E-state index is -0.799. The first kappa shape index (κ1) is 16.1. The number of carbonyl (C=O) groups is 2. The number of hydrogen-bond donors (Lipinski definition) is 1. The van der Waals surface area contributed by atoms with Gasteiger partial charge in [-0.1, -0.05) is 6.92 Å². The van der Waals surface area contributed by atoms with E-state index in [1.807, 2.05) is 13.1 Å². The molecule has 0 radical (unpaired) electrons. The number of rotatable bonds is 6. The number of carbonyl (C=O) groups excluding carboxylic acids is 2. The first-order chi connectivity index (χ1) is 10.8. The van der Waals surface area contributed by atoms with Gasteiger partial charge in [0.2, 0.25) is 0 Å². The highest BCUT2D eigenvalue weighted by Gasteiger charge is 2.43. The SMILES string of the molecule is C[C@H]1C[C@H]1c1ccc(CN(C)CCN2C(=O)NC(C)(C)C2=O)o1. The molecule has 3 amide bonds. The Kier molecular flexibility index (Phi) is 3.96. The Balaban J connectivity index is 1.50. The summed E-state index contributed by atoms with van der Waals surface area (Å²) in [5, 5.41) is 2.69. The molecule has 2 heterocycles. The van der Waals surface area contributed by atoms with E-state index < -0.39 is 5.54 Å². The zero-order chi connectivity index (χ0) is 16.8. The molecule has 1 aromatic rings. The molecule has 2 atom stereocenters. The summed E-state index contributed by atoms with van der Waals surface area (Å²) in [7, 11) is 1.96. The van der Waals surface area contributed by atoms with E-state index in [2.05, 4.69) is 23.2 Å². The highest BCUT2D eigenvalue weighted by molar-refractivity contribution is 6.06. The topological polar surface area (TPSA) is 65.8 Å². The molecule has 6 nitrogen and oxygen atoms in total. The summed E-state index contributed by atoms with van der Waals surface area (Å²) in [5.41, 5.74) is -0.799. The lowest BCUT2D eigenvalue weighted by molar-refractivity contribution is -0.130. The van der Waals surface area contributed by atoms with Gasteiger partial charge in [-0.3, -0.25) is 14.6 Å². The van der Waals surface area contributed by atoms with Crippen LogP contribution >= 0.6 is 0 Å². The van der Waals surface area contributed by atoms with E-state index >= 15 is 0 Å². The minimum Gasteiger partial charge on any atom is -0.464 e. The Hall–Kier alpha value is -1.82. The number of amides is 3. The number of nitrogens with zero attached hydrogens (tertiary/aromatic N) is 2. The second-order valence-electron chi connectivity index (χ2n) is 7.37. The summed E-state index contributed by atoms with van der Waals surface area (Å²) in [6.45, 7) is 7.36. The second kappa shape index (κ2) is 5.67. The molecule has 23 heavy (non-hydrogen) atoms. The third kappa shape index (κ3) is 3.27. The first-order valence-corrected chi connectivity index (χ1v) is 8.19. The lowest BCUT2D eigenvalue weighted by atomic mass is 10.1. The number of nitrogens with one attached hydrogen (secondary N) is 1. The van der Waals surface area contributed by atoms with Crippen molar-refractivity contribution >= 4 is 11.9 Å². The highest BCUT2D eigenvalue weighted by Crippen LogP contribution is 2.47. The maximum atomic E-state index is 12.1. The molecule has 1 N–H and O–H groups in total. The van der Waals surface area contributed by atoms with Gasteiger partial charge < -0.3 is 9.73 Å². The van der Waals surface area contributed by atoms with Crippen molar-refractivity contribution < 1.29 is 14.0 Å². The monoisotopic (exact) mass is 319 g/mol. The highest BCUT2D eigenvalue weighted by atomic mass is 16.3. The minimum absolute atomic E-state index is 0.168. The number of imide groups is 1. The molecule has 126 valence electrons. The van der Waals surface area contributed by atoms with E-state index in [1.165, 1.54) is 11.3 Å². The Morgan fingerprint density at radius 1 is 1.39 bits per heavy atom. The van der Waals surface area contributed by atoms with Crippen molar-refractivity contribution in [2.24, 2.45) is 5.92 Å². The molecule has 3 rings (SSSR count). The fourth-order valence-electron chi connectivity index (χ4n) is 3.03. The maximum Gasteiger partial charge on any atom is 0.325 e. The maximum absolute atomic E-state index is 12.1. The second-order valence-corrected chi connectivity index (χ2v) is 7.37. The molecular formula is C17H25N3O3. The quantitative estimate of drug-likeness (QED) is 0.816. The van der Waals surface area contributed by atoms with Crippen LogP contribution in [0.1, 0.15) is 44.6 Å². The molecule has 6 heteroatoms. The normalized spacial score (nSPS) is 26.0. The van der Waals surface area contributed by atoms with Crippen molar-refractivity contribution in [1.82, 2.24) is 15.1 Å². The van der Waals surface area contributed by atoms with Crippen LogP contribution in [-0.2, 0) is 11.3 Å². The van der Waals surface area contributed by atoms with Crippen LogP contribution in [-0.4, -0.2) is 47.4 Å². The molecule has 2 fully saturated rings. The predicted octanol–water partition coefficient (Wildman–Crippen LogP) is 2.17. The summed E-state index contributed by atoms with van der Waals surface area (Å²) in [6, 6.07) is 3.78. The largest absolute Gasteiger partial charge is 0.464 e. The molecule has 1 saturated carbocycles.